The predicted molar refractivity (Wildman–Crippen MR) is 118 cm³/mol. The zero-order valence-corrected chi connectivity index (χ0v) is 17.8. The van der Waals surface area contributed by atoms with Crippen molar-refractivity contribution in [1.82, 2.24) is 20.3 Å². The van der Waals surface area contributed by atoms with Crippen LogP contribution in [0.1, 0.15) is 47.3 Å². The minimum absolute atomic E-state index is 0.230. The second-order valence-corrected chi connectivity index (χ2v) is 8.35. The second kappa shape index (κ2) is 9.33. The molecule has 1 fully saturated rings. The number of H-pyrrole nitrogens is 1. The number of aromatic amines is 1. The van der Waals surface area contributed by atoms with Crippen molar-refractivity contribution < 1.29 is 19.1 Å². The SMILES string of the molecule is Cc1cc(CNC(=O)c2ncnc3c(NCC4CCC(C(=O)O)CC4)c[nH]c23)ccc1F. The van der Waals surface area contributed by atoms with Crippen molar-refractivity contribution in [2.24, 2.45) is 11.8 Å². The maximum atomic E-state index is 13.4. The van der Waals surface area contributed by atoms with E-state index in [1.54, 1.807) is 25.3 Å². The number of benzene rings is 1. The number of nitrogens with one attached hydrogen (secondary N) is 3. The number of carboxylic acid groups (broad SMARTS) is 1. The van der Waals surface area contributed by atoms with Gasteiger partial charge in [-0.2, -0.15) is 0 Å². The van der Waals surface area contributed by atoms with Gasteiger partial charge in [-0.05, 0) is 55.7 Å². The highest BCUT2D eigenvalue weighted by atomic mass is 19.1. The summed E-state index contributed by atoms with van der Waals surface area (Å²) < 4.78 is 13.4. The molecular formula is C23H26FN5O3. The van der Waals surface area contributed by atoms with Crippen LogP contribution in [-0.4, -0.2) is 38.5 Å². The summed E-state index contributed by atoms with van der Waals surface area (Å²) >= 11 is 0. The molecule has 4 rings (SSSR count). The average Bonchev–Trinajstić information content (AvgIpc) is 3.21. The van der Waals surface area contributed by atoms with E-state index in [9.17, 15) is 14.0 Å². The van der Waals surface area contributed by atoms with Gasteiger partial charge in [-0.1, -0.05) is 12.1 Å². The number of carboxylic acids is 1. The summed E-state index contributed by atoms with van der Waals surface area (Å²) in [6.45, 7) is 2.66. The summed E-state index contributed by atoms with van der Waals surface area (Å²) in [6.07, 6.45) is 6.28. The Morgan fingerprint density at radius 2 is 2.00 bits per heavy atom. The molecule has 168 valence electrons. The number of aromatic nitrogens is 3. The highest BCUT2D eigenvalue weighted by Crippen LogP contribution is 2.30. The van der Waals surface area contributed by atoms with Gasteiger partial charge >= 0.3 is 5.97 Å². The van der Waals surface area contributed by atoms with Crippen LogP contribution in [0.15, 0.2) is 30.7 Å². The zero-order chi connectivity index (χ0) is 22.7. The zero-order valence-electron chi connectivity index (χ0n) is 17.8. The van der Waals surface area contributed by atoms with Gasteiger partial charge in [0.05, 0.1) is 17.1 Å². The molecule has 1 aliphatic carbocycles. The molecule has 32 heavy (non-hydrogen) atoms. The quantitative estimate of drug-likeness (QED) is 0.446. The fourth-order valence-electron chi connectivity index (χ4n) is 4.20. The highest BCUT2D eigenvalue weighted by molar-refractivity contribution is 6.05. The van der Waals surface area contributed by atoms with E-state index < -0.39 is 5.97 Å². The number of aliphatic carboxylic acids is 1. The summed E-state index contributed by atoms with van der Waals surface area (Å²) in [5, 5.41) is 15.3. The van der Waals surface area contributed by atoms with Gasteiger partial charge in [-0.3, -0.25) is 9.59 Å². The number of halogens is 1. The van der Waals surface area contributed by atoms with Crippen molar-refractivity contribution in [2.45, 2.75) is 39.2 Å². The Morgan fingerprint density at radius 1 is 1.22 bits per heavy atom. The molecule has 0 radical (unpaired) electrons. The van der Waals surface area contributed by atoms with Crippen molar-refractivity contribution in [3.63, 3.8) is 0 Å². The number of amides is 1. The van der Waals surface area contributed by atoms with Crippen LogP contribution >= 0.6 is 0 Å². The Kier molecular flexibility index (Phi) is 6.34. The van der Waals surface area contributed by atoms with E-state index in [0.717, 1.165) is 30.6 Å². The van der Waals surface area contributed by atoms with E-state index in [-0.39, 0.29) is 29.9 Å². The molecule has 8 nitrogen and oxygen atoms in total. The third kappa shape index (κ3) is 4.71. The number of nitrogens with zero attached hydrogens (tertiary/aromatic N) is 2. The van der Waals surface area contributed by atoms with Crippen LogP contribution in [0.5, 0.6) is 0 Å². The van der Waals surface area contributed by atoms with Crippen LogP contribution in [0.2, 0.25) is 0 Å². The van der Waals surface area contributed by atoms with Gasteiger partial charge in [0.2, 0.25) is 0 Å². The number of hydrogen-bond acceptors (Lipinski definition) is 5. The summed E-state index contributed by atoms with van der Waals surface area (Å²) in [5.41, 5.74) is 3.51. The maximum absolute atomic E-state index is 13.4. The Bertz CT molecular complexity index is 1140. The fraction of sp³-hybridized carbons (Fsp3) is 0.391. The number of carbonyl (C=O) groups is 2. The third-order valence-electron chi connectivity index (χ3n) is 6.13. The molecule has 1 aliphatic rings. The molecule has 3 aromatic rings. The van der Waals surface area contributed by atoms with Gasteiger partial charge in [0.25, 0.3) is 5.91 Å². The van der Waals surface area contributed by atoms with Gasteiger partial charge in [0.1, 0.15) is 17.7 Å². The normalized spacial score (nSPS) is 18.4. The summed E-state index contributed by atoms with van der Waals surface area (Å²) in [7, 11) is 0. The fourth-order valence-corrected chi connectivity index (χ4v) is 4.20. The van der Waals surface area contributed by atoms with E-state index in [1.165, 1.54) is 12.4 Å². The van der Waals surface area contributed by atoms with E-state index >= 15 is 0 Å². The molecule has 1 aromatic carbocycles. The number of fused-ring (bicyclic) bond motifs is 1. The molecule has 2 aromatic heterocycles. The first-order valence-electron chi connectivity index (χ1n) is 10.7. The molecule has 0 atom stereocenters. The minimum Gasteiger partial charge on any atom is -0.481 e. The van der Waals surface area contributed by atoms with Crippen LogP contribution < -0.4 is 10.6 Å². The van der Waals surface area contributed by atoms with Crippen LogP contribution in [-0.2, 0) is 11.3 Å². The first-order valence-corrected chi connectivity index (χ1v) is 10.7. The number of hydrogen-bond donors (Lipinski definition) is 4. The van der Waals surface area contributed by atoms with Crippen molar-refractivity contribution in [3.8, 4) is 0 Å². The Balaban J connectivity index is 1.39. The lowest BCUT2D eigenvalue weighted by Crippen LogP contribution is -2.25. The smallest absolute Gasteiger partial charge is 0.306 e. The summed E-state index contributed by atoms with van der Waals surface area (Å²) in [6, 6.07) is 4.72. The molecule has 9 heteroatoms. The van der Waals surface area contributed by atoms with Crippen molar-refractivity contribution in [1.29, 1.82) is 0 Å². The number of aryl methyl sites for hydroxylation is 1. The Hall–Kier alpha value is -3.49. The standard InChI is InChI=1S/C23H26FN5O3/c1-13-8-15(4-7-17(13)24)10-27-22(30)21-20-19(28-12-29-21)18(11-26-20)25-9-14-2-5-16(6-3-14)23(31)32/h4,7-8,11-12,14,16,25-26H,2-3,5-6,9-10H2,1H3,(H,27,30)(H,31,32). The first kappa shape index (κ1) is 21.7. The molecule has 0 unspecified atom stereocenters. The van der Waals surface area contributed by atoms with E-state index in [0.29, 0.717) is 35.4 Å². The summed E-state index contributed by atoms with van der Waals surface area (Å²) in [4.78, 5) is 35.4. The number of carbonyl (C=O) groups excluding carboxylic acids is 1. The highest BCUT2D eigenvalue weighted by Gasteiger charge is 2.26. The van der Waals surface area contributed by atoms with Gasteiger partial charge in [-0.25, -0.2) is 14.4 Å². The van der Waals surface area contributed by atoms with Gasteiger partial charge in [-0.15, -0.1) is 0 Å². The topological polar surface area (TPSA) is 120 Å². The molecule has 4 N–H and O–H groups in total. The molecule has 1 saturated carbocycles. The van der Waals surface area contributed by atoms with Crippen molar-refractivity contribution >= 4 is 28.6 Å². The maximum Gasteiger partial charge on any atom is 0.306 e. The van der Waals surface area contributed by atoms with Crippen LogP contribution in [0.3, 0.4) is 0 Å². The van der Waals surface area contributed by atoms with Crippen molar-refractivity contribution in [2.75, 3.05) is 11.9 Å². The largest absolute Gasteiger partial charge is 0.481 e. The second-order valence-electron chi connectivity index (χ2n) is 8.35. The Morgan fingerprint density at radius 3 is 2.72 bits per heavy atom. The lowest BCUT2D eigenvalue weighted by molar-refractivity contribution is -0.143. The first-order chi connectivity index (χ1) is 15.4. The molecule has 1 amide bonds. The van der Waals surface area contributed by atoms with Gasteiger partial charge in [0.15, 0.2) is 5.69 Å². The van der Waals surface area contributed by atoms with E-state index in [2.05, 4.69) is 25.6 Å². The molecule has 0 saturated heterocycles. The molecule has 2 heterocycles. The molecular weight excluding hydrogens is 413 g/mol. The van der Waals surface area contributed by atoms with E-state index in [4.69, 9.17) is 5.11 Å². The van der Waals surface area contributed by atoms with Crippen LogP contribution in [0.25, 0.3) is 11.0 Å². The summed E-state index contributed by atoms with van der Waals surface area (Å²) in [5.74, 6) is -1.16. The van der Waals surface area contributed by atoms with Crippen LogP contribution in [0.4, 0.5) is 10.1 Å². The monoisotopic (exact) mass is 439 g/mol. The van der Waals surface area contributed by atoms with Gasteiger partial charge < -0.3 is 20.7 Å². The predicted octanol–water partition coefficient (Wildman–Crippen LogP) is 3.64. The third-order valence-corrected chi connectivity index (χ3v) is 6.13. The molecule has 0 aliphatic heterocycles. The van der Waals surface area contributed by atoms with Crippen LogP contribution in [0, 0.1) is 24.6 Å². The molecule has 0 bridgehead atoms. The van der Waals surface area contributed by atoms with Crippen molar-refractivity contribution in [3.05, 3.63) is 53.4 Å². The van der Waals surface area contributed by atoms with E-state index in [1.807, 2.05) is 0 Å². The average molecular weight is 439 g/mol. The van der Waals surface area contributed by atoms with Gasteiger partial charge in [0, 0.05) is 19.3 Å². The number of anilines is 1. The Labute approximate surface area is 184 Å². The number of rotatable bonds is 7. The molecule has 0 spiro atoms. The lowest BCUT2D eigenvalue weighted by atomic mass is 9.82. The lowest BCUT2D eigenvalue weighted by Gasteiger charge is -2.26. The minimum atomic E-state index is -0.704.